The summed E-state index contributed by atoms with van der Waals surface area (Å²) in [5, 5.41) is 3.48. The van der Waals surface area contributed by atoms with E-state index in [0.717, 1.165) is 36.4 Å². The summed E-state index contributed by atoms with van der Waals surface area (Å²) in [6.07, 6.45) is 5.07. The molecule has 0 bridgehead atoms. The molecule has 2 unspecified atom stereocenters. The van der Waals surface area contributed by atoms with Crippen molar-refractivity contribution in [2.45, 2.75) is 18.9 Å². The van der Waals surface area contributed by atoms with Crippen LogP contribution < -0.4 is 16.0 Å². The zero-order valence-corrected chi connectivity index (χ0v) is 15.2. The molecule has 1 fully saturated rings. The number of hydrogen-bond acceptors (Lipinski definition) is 6. The molecule has 0 spiro atoms. The SMILES string of the molecule is CC(c1ccc2nccnc2c1)C1CNCCN1c1ccnc(C(N)=O)c1. The van der Waals surface area contributed by atoms with Gasteiger partial charge in [-0.25, -0.2) is 0 Å². The molecule has 3 aromatic rings. The standard InChI is InChI=1S/C20H22N6O/c1-13(14-2-3-16-17(10-14)25-7-6-24-16)19-12-22-8-9-26(19)15-4-5-23-18(11-15)20(21)27/h2-7,10-11,13,19,22H,8-9,12H2,1H3,(H2,21,27). The van der Waals surface area contributed by atoms with Crippen molar-refractivity contribution in [1.29, 1.82) is 0 Å². The van der Waals surface area contributed by atoms with E-state index in [2.05, 4.69) is 44.2 Å². The lowest BCUT2D eigenvalue weighted by molar-refractivity contribution is 0.0995. The summed E-state index contributed by atoms with van der Waals surface area (Å²) >= 11 is 0. The summed E-state index contributed by atoms with van der Waals surface area (Å²) < 4.78 is 0. The van der Waals surface area contributed by atoms with E-state index in [1.807, 2.05) is 12.1 Å². The molecule has 1 amide bonds. The lowest BCUT2D eigenvalue weighted by Gasteiger charge is -2.41. The van der Waals surface area contributed by atoms with E-state index in [9.17, 15) is 4.79 Å². The Balaban J connectivity index is 1.66. The van der Waals surface area contributed by atoms with Gasteiger partial charge in [0.25, 0.3) is 5.91 Å². The van der Waals surface area contributed by atoms with Gasteiger partial charge in [0, 0.05) is 55.9 Å². The van der Waals surface area contributed by atoms with Gasteiger partial charge in [-0.2, -0.15) is 0 Å². The molecule has 2 aromatic heterocycles. The number of rotatable bonds is 4. The topological polar surface area (TPSA) is 97.0 Å². The number of nitrogens with zero attached hydrogens (tertiary/aromatic N) is 4. The number of hydrogen-bond donors (Lipinski definition) is 2. The predicted molar refractivity (Wildman–Crippen MR) is 105 cm³/mol. The van der Waals surface area contributed by atoms with Gasteiger partial charge in [0.05, 0.1) is 11.0 Å². The largest absolute Gasteiger partial charge is 0.365 e. The highest BCUT2D eigenvalue weighted by Gasteiger charge is 2.29. The number of carbonyl (C=O) groups excluding carboxylic acids is 1. The van der Waals surface area contributed by atoms with Crippen molar-refractivity contribution in [3.8, 4) is 0 Å². The maximum atomic E-state index is 11.5. The molecule has 7 nitrogen and oxygen atoms in total. The van der Waals surface area contributed by atoms with Gasteiger partial charge in [0.1, 0.15) is 5.69 Å². The molecule has 1 aliphatic rings. The Morgan fingerprint density at radius 2 is 1.96 bits per heavy atom. The normalized spacial score (nSPS) is 18.4. The summed E-state index contributed by atoms with van der Waals surface area (Å²) in [7, 11) is 0. The van der Waals surface area contributed by atoms with Gasteiger partial charge in [-0.05, 0) is 29.8 Å². The van der Waals surface area contributed by atoms with Crippen LogP contribution in [0.3, 0.4) is 0 Å². The summed E-state index contributed by atoms with van der Waals surface area (Å²) in [5.41, 5.74) is 9.68. The smallest absolute Gasteiger partial charge is 0.267 e. The molecule has 3 heterocycles. The van der Waals surface area contributed by atoms with Crippen molar-refractivity contribution >= 4 is 22.6 Å². The van der Waals surface area contributed by atoms with Gasteiger partial charge in [0.2, 0.25) is 0 Å². The molecule has 0 saturated carbocycles. The number of piperazine rings is 1. The second-order valence-electron chi connectivity index (χ2n) is 6.82. The van der Waals surface area contributed by atoms with Crippen LogP contribution in [-0.4, -0.2) is 46.5 Å². The summed E-state index contributed by atoms with van der Waals surface area (Å²) in [6.45, 7) is 4.82. The lowest BCUT2D eigenvalue weighted by atomic mass is 9.90. The van der Waals surface area contributed by atoms with Gasteiger partial charge in [-0.1, -0.05) is 13.0 Å². The number of anilines is 1. The molecule has 7 heteroatoms. The van der Waals surface area contributed by atoms with Gasteiger partial charge < -0.3 is 16.0 Å². The van der Waals surface area contributed by atoms with E-state index in [1.54, 1.807) is 24.7 Å². The first-order chi connectivity index (χ1) is 13.1. The number of benzene rings is 1. The van der Waals surface area contributed by atoms with E-state index in [0.29, 0.717) is 5.69 Å². The highest BCUT2D eigenvalue weighted by Crippen LogP contribution is 2.29. The van der Waals surface area contributed by atoms with Gasteiger partial charge in [-0.15, -0.1) is 0 Å². The first-order valence-corrected chi connectivity index (χ1v) is 9.07. The van der Waals surface area contributed by atoms with E-state index in [4.69, 9.17) is 5.73 Å². The molecule has 138 valence electrons. The van der Waals surface area contributed by atoms with Gasteiger partial charge >= 0.3 is 0 Å². The average molecular weight is 362 g/mol. The fraction of sp³-hybridized carbons (Fsp3) is 0.300. The maximum absolute atomic E-state index is 11.5. The van der Waals surface area contributed by atoms with Crippen LogP contribution in [0.4, 0.5) is 5.69 Å². The molecule has 27 heavy (non-hydrogen) atoms. The van der Waals surface area contributed by atoms with Crippen molar-refractivity contribution in [3.63, 3.8) is 0 Å². The number of primary amides is 1. The number of fused-ring (bicyclic) bond motifs is 1. The fourth-order valence-electron chi connectivity index (χ4n) is 3.71. The monoisotopic (exact) mass is 362 g/mol. The van der Waals surface area contributed by atoms with Crippen LogP contribution >= 0.6 is 0 Å². The van der Waals surface area contributed by atoms with Crippen LogP contribution in [0.15, 0.2) is 48.9 Å². The fourth-order valence-corrected chi connectivity index (χ4v) is 3.71. The molecule has 1 aromatic carbocycles. The minimum Gasteiger partial charge on any atom is -0.365 e. The number of carbonyl (C=O) groups is 1. The molecular formula is C20H22N6O. The number of amides is 1. The Kier molecular flexibility index (Phi) is 4.68. The van der Waals surface area contributed by atoms with Crippen LogP contribution in [-0.2, 0) is 0 Å². The molecule has 2 atom stereocenters. The quantitative estimate of drug-likeness (QED) is 0.733. The third kappa shape index (κ3) is 3.46. The van der Waals surface area contributed by atoms with Crippen molar-refractivity contribution < 1.29 is 4.79 Å². The van der Waals surface area contributed by atoms with Crippen molar-refractivity contribution in [1.82, 2.24) is 20.3 Å². The Labute approximate surface area is 157 Å². The maximum Gasteiger partial charge on any atom is 0.267 e. The second kappa shape index (κ2) is 7.28. The van der Waals surface area contributed by atoms with Crippen LogP contribution in [0.25, 0.3) is 11.0 Å². The van der Waals surface area contributed by atoms with E-state index >= 15 is 0 Å². The van der Waals surface area contributed by atoms with Crippen molar-refractivity contribution in [2.75, 3.05) is 24.5 Å². The van der Waals surface area contributed by atoms with E-state index in [-0.39, 0.29) is 12.0 Å². The predicted octanol–water partition coefficient (Wildman–Crippen LogP) is 1.71. The van der Waals surface area contributed by atoms with Gasteiger partial charge in [-0.3, -0.25) is 19.7 Å². The Morgan fingerprint density at radius 3 is 2.78 bits per heavy atom. The van der Waals surface area contributed by atoms with Crippen molar-refractivity contribution in [3.05, 3.63) is 60.2 Å². The summed E-state index contributed by atoms with van der Waals surface area (Å²) in [5.74, 6) is -0.251. The van der Waals surface area contributed by atoms with Crippen molar-refractivity contribution in [2.24, 2.45) is 5.73 Å². The molecule has 1 aliphatic heterocycles. The number of nitrogens with two attached hydrogens (primary N) is 1. The third-order valence-electron chi connectivity index (χ3n) is 5.21. The lowest BCUT2D eigenvalue weighted by Crippen LogP contribution is -2.53. The molecule has 0 radical (unpaired) electrons. The first-order valence-electron chi connectivity index (χ1n) is 9.07. The number of nitrogens with one attached hydrogen (secondary N) is 1. The van der Waals surface area contributed by atoms with Gasteiger partial charge in [0.15, 0.2) is 0 Å². The van der Waals surface area contributed by atoms with Crippen LogP contribution in [0, 0.1) is 0 Å². The third-order valence-corrected chi connectivity index (χ3v) is 5.21. The highest BCUT2D eigenvalue weighted by atomic mass is 16.1. The Hall–Kier alpha value is -3.06. The first kappa shape index (κ1) is 17.4. The number of pyridine rings is 1. The summed E-state index contributed by atoms with van der Waals surface area (Å²) in [4.78, 5) is 26.7. The highest BCUT2D eigenvalue weighted by molar-refractivity contribution is 5.91. The minimum absolute atomic E-state index is 0.232. The zero-order valence-electron chi connectivity index (χ0n) is 15.2. The van der Waals surface area contributed by atoms with Crippen LogP contribution in [0.2, 0.25) is 0 Å². The van der Waals surface area contributed by atoms with Crippen LogP contribution in [0.5, 0.6) is 0 Å². The van der Waals surface area contributed by atoms with Crippen LogP contribution in [0.1, 0.15) is 28.9 Å². The van der Waals surface area contributed by atoms with E-state index in [1.165, 1.54) is 5.56 Å². The molecule has 1 saturated heterocycles. The second-order valence-corrected chi connectivity index (χ2v) is 6.82. The average Bonchev–Trinajstić information content (AvgIpc) is 2.73. The Morgan fingerprint density at radius 1 is 1.15 bits per heavy atom. The molecule has 3 N–H and O–H groups in total. The zero-order chi connectivity index (χ0) is 18.8. The molecule has 0 aliphatic carbocycles. The molecule has 4 rings (SSSR count). The Bertz CT molecular complexity index is 975. The van der Waals surface area contributed by atoms with E-state index < -0.39 is 5.91 Å². The minimum atomic E-state index is -0.510. The summed E-state index contributed by atoms with van der Waals surface area (Å²) in [6, 6.07) is 10.2. The molecular weight excluding hydrogens is 340 g/mol. The number of aromatic nitrogens is 3.